The van der Waals surface area contributed by atoms with Gasteiger partial charge in [0.15, 0.2) is 0 Å². The lowest BCUT2D eigenvalue weighted by Gasteiger charge is -2.31. The average molecular weight is 615 g/mol. The number of thioether (sulfide) groups is 1. The maximum absolute atomic E-state index is 10.4. The Labute approximate surface area is 256 Å². The van der Waals surface area contributed by atoms with E-state index in [-0.39, 0.29) is 6.10 Å². The van der Waals surface area contributed by atoms with Gasteiger partial charge in [-0.1, -0.05) is 67.8 Å². The maximum Gasteiger partial charge on any atom is 0.0821 e. The number of halogens is 2. The first-order valence-electron chi connectivity index (χ1n) is 14.4. The first kappa shape index (κ1) is 34.6. The molecule has 2 atom stereocenters. The van der Waals surface area contributed by atoms with Crippen molar-refractivity contribution in [2.24, 2.45) is 23.3 Å². The topological polar surface area (TPSA) is 98.3 Å². The van der Waals surface area contributed by atoms with E-state index in [4.69, 9.17) is 40.4 Å². The van der Waals surface area contributed by atoms with E-state index in [1.807, 2.05) is 55.1 Å². The average Bonchev–Trinajstić information content (AvgIpc) is 2.97. The van der Waals surface area contributed by atoms with Crippen LogP contribution in [0.3, 0.4) is 0 Å². The van der Waals surface area contributed by atoms with E-state index in [0.29, 0.717) is 30.2 Å². The molecule has 0 saturated heterocycles. The molecule has 4 rings (SSSR count). The molecule has 7 N–H and O–H groups in total. The van der Waals surface area contributed by atoms with Crippen LogP contribution in [0, 0.1) is 18.8 Å². The van der Waals surface area contributed by atoms with Crippen LogP contribution in [0.2, 0.25) is 10.0 Å². The molecule has 0 bridgehead atoms. The second kappa shape index (κ2) is 19.5. The second-order valence-corrected chi connectivity index (χ2v) is 13.2. The van der Waals surface area contributed by atoms with Crippen LogP contribution < -0.4 is 17.2 Å². The monoisotopic (exact) mass is 613 g/mol. The van der Waals surface area contributed by atoms with Gasteiger partial charge in [-0.25, -0.2) is 0 Å². The molecule has 220 valence electrons. The van der Waals surface area contributed by atoms with E-state index < -0.39 is 0 Å². The molecule has 39 heavy (non-hydrogen) atoms. The quantitative estimate of drug-likeness (QED) is 0.152. The number of aliphatic hydroxyl groups excluding tert-OH is 1. The Hall–Kier alpha value is -0.600. The van der Waals surface area contributed by atoms with E-state index >= 15 is 0 Å². The molecule has 4 nitrogen and oxygen atoms in total. The number of aryl methyl sites for hydroxylation is 1. The predicted molar refractivity (Wildman–Crippen MR) is 177 cm³/mol. The molecule has 2 saturated carbocycles. The fourth-order valence-electron chi connectivity index (χ4n) is 5.54. The van der Waals surface area contributed by atoms with E-state index in [9.17, 15) is 5.11 Å². The molecule has 2 unspecified atom stereocenters. The highest BCUT2D eigenvalue weighted by Gasteiger charge is 2.27. The second-order valence-electron chi connectivity index (χ2n) is 10.6. The number of benzene rings is 2. The summed E-state index contributed by atoms with van der Waals surface area (Å²) >= 11 is 17.9. The first-order chi connectivity index (χ1) is 18.8. The Bertz CT molecular complexity index is 951. The largest absolute Gasteiger partial charge is 0.398 e. The summed E-state index contributed by atoms with van der Waals surface area (Å²) in [5.74, 6) is 2.91. The molecule has 8 heteroatoms. The molecule has 2 aliphatic carbocycles. The molecule has 2 fully saturated rings. The number of thiol groups is 1. The minimum Gasteiger partial charge on any atom is -0.398 e. The van der Waals surface area contributed by atoms with Crippen molar-refractivity contribution in [3.05, 3.63) is 63.1 Å². The standard InChI is InChI=1S/C15H23ClN2S.C14H19ClO.C2H7NS/c16-12-6-7-14(18)13(10-12)15(19-9-8-17)11-4-2-1-3-5-11;1-10-7-8-12(15)9-13(10)14(16)11-5-3-2-4-6-11;3-1-2-4/h6-7,10-11,15H,1-5,8-9,17-18H2;7-9,11,14,16H,2-6H2,1H3;4H,1-3H2. The zero-order valence-electron chi connectivity index (χ0n) is 23.5. The van der Waals surface area contributed by atoms with Gasteiger partial charge in [0.05, 0.1) is 6.10 Å². The molecule has 0 radical (unpaired) electrons. The molecule has 0 aromatic heterocycles. The van der Waals surface area contributed by atoms with E-state index in [1.54, 1.807) is 0 Å². The number of hydrogen-bond acceptors (Lipinski definition) is 6. The summed E-state index contributed by atoms with van der Waals surface area (Å²) in [6.07, 6.45) is 12.4. The van der Waals surface area contributed by atoms with Crippen LogP contribution in [0.15, 0.2) is 36.4 Å². The molecule has 0 spiro atoms. The maximum atomic E-state index is 10.4. The van der Waals surface area contributed by atoms with Crippen molar-refractivity contribution in [2.75, 3.05) is 30.3 Å². The zero-order valence-corrected chi connectivity index (χ0v) is 26.7. The van der Waals surface area contributed by atoms with Gasteiger partial charge < -0.3 is 22.3 Å². The molecular weight excluding hydrogens is 565 g/mol. The van der Waals surface area contributed by atoms with Gasteiger partial charge in [-0.2, -0.15) is 24.4 Å². The van der Waals surface area contributed by atoms with Gasteiger partial charge >= 0.3 is 0 Å². The normalized spacial score (nSPS) is 17.8. The lowest BCUT2D eigenvalue weighted by Crippen LogP contribution is -2.17. The van der Waals surface area contributed by atoms with E-state index in [0.717, 1.165) is 51.2 Å². The third-order valence-electron chi connectivity index (χ3n) is 7.63. The Morgan fingerprint density at radius 1 is 0.846 bits per heavy atom. The summed E-state index contributed by atoms with van der Waals surface area (Å²) in [6, 6.07) is 11.6. The van der Waals surface area contributed by atoms with Crippen molar-refractivity contribution < 1.29 is 5.11 Å². The van der Waals surface area contributed by atoms with Crippen LogP contribution in [0.5, 0.6) is 0 Å². The van der Waals surface area contributed by atoms with Crippen LogP contribution in [-0.2, 0) is 0 Å². The summed E-state index contributed by atoms with van der Waals surface area (Å²) in [6.45, 7) is 3.44. The molecular formula is C31H49Cl2N3OS2. The van der Waals surface area contributed by atoms with Gasteiger partial charge in [-0.3, -0.25) is 0 Å². The lowest BCUT2D eigenvalue weighted by molar-refractivity contribution is 0.0843. The first-order valence-corrected chi connectivity index (χ1v) is 16.9. The van der Waals surface area contributed by atoms with Gasteiger partial charge in [0.1, 0.15) is 0 Å². The summed E-state index contributed by atoms with van der Waals surface area (Å²) in [5, 5.41) is 12.3. The highest BCUT2D eigenvalue weighted by Crippen LogP contribution is 2.45. The van der Waals surface area contributed by atoms with E-state index in [1.165, 1.54) is 56.9 Å². The van der Waals surface area contributed by atoms with Gasteiger partial charge in [0.2, 0.25) is 0 Å². The number of aliphatic hydroxyl groups is 1. The van der Waals surface area contributed by atoms with Crippen LogP contribution in [0.4, 0.5) is 5.69 Å². The molecule has 2 aromatic carbocycles. The summed E-state index contributed by atoms with van der Waals surface area (Å²) in [4.78, 5) is 0. The Morgan fingerprint density at radius 2 is 1.36 bits per heavy atom. The highest BCUT2D eigenvalue weighted by molar-refractivity contribution is 7.99. The fraction of sp³-hybridized carbons (Fsp3) is 0.613. The van der Waals surface area contributed by atoms with Gasteiger partial charge in [0.25, 0.3) is 0 Å². The SMILES string of the molecule is Cc1ccc(Cl)cc1C(O)C1CCCCC1.NCCS.NCCSC(c1cc(Cl)ccc1N)C1CCCCC1. The van der Waals surface area contributed by atoms with Crippen molar-refractivity contribution in [2.45, 2.75) is 82.5 Å². The highest BCUT2D eigenvalue weighted by atomic mass is 35.5. The Morgan fingerprint density at radius 3 is 1.90 bits per heavy atom. The Balaban J connectivity index is 0.000000243. The summed E-state index contributed by atoms with van der Waals surface area (Å²) < 4.78 is 0. The third-order valence-corrected chi connectivity index (χ3v) is 9.83. The summed E-state index contributed by atoms with van der Waals surface area (Å²) in [7, 11) is 0. The number of anilines is 1. The van der Waals surface area contributed by atoms with Crippen molar-refractivity contribution >= 4 is 53.3 Å². The van der Waals surface area contributed by atoms with Gasteiger partial charge in [-0.05, 0) is 91.5 Å². The van der Waals surface area contributed by atoms with E-state index in [2.05, 4.69) is 12.6 Å². The number of nitrogen functional groups attached to an aromatic ring is 1. The van der Waals surface area contributed by atoms with Gasteiger partial charge in [-0.15, -0.1) is 0 Å². The number of rotatable bonds is 8. The number of hydrogen-bond donors (Lipinski definition) is 5. The molecule has 2 aromatic rings. The number of nitrogens with two attached hydrogens (primary N) is 3. The van der Waals surface area contributed by atoms with Crippen LogP contribution in [-0.4, -0.2) is 29.7 Å². The van der Waals surface area contributed by atoms with Crippen molar-refractivity contribution in [3.8, 4) is 0 Å². The molecule has 2 aliphatic rings. The zero-order chi connectivity index (χ0) is 28.6. The van der Waals surface area contributed by atoms with Crippen molar-refractivity contribution in [3.63, 3.8) is 0 Å². The minimum absolute atomic E-state index is 0.334. The van der Waals surface area contributed by atoms with Crippen LogP contribution in [0.1, 0.15) is 92.3 Å². The summed E-state index contributed by atoms with van der Waals surface area (Å²) in [5.41, 5.74) is 21.0. The molecule has 0 heterocycles. The molecule has 0 amide bonds. The third kappa shape index (κ3) is 12.0. The molecule has 0 aliphatic heterocycles. The predicted octanol–water partition coefficient (Wildman–Crippen LogP) is 8.37. The van der Waals surface area contributed by atoms with Crippen LogP contribution >= 0.6 is 47.6 Å². The van der Waals surface area contributed by atoms with Crippen molar-refractivity contribution in [1.82, 2.24) is 0 Å². The van der Waals surface area contributed by atoms with Gasteiger partial charge in [0, 0.05) is 45.6 Å². The Kier molecular flexibility index (Phi) is 17.3. The van der Waals surface area contributed by atoms with Crippen molar-refractivity contribution in [1.29, 1.82) is 0 Å². The fourth-order valence-corrected chi connectivity index (χ4v) is 7.22. The smallest absolute Gasteiger partial charge is 0.0821 e. The van der Waals surface area contributed by atoms with Crippen LogP contribution in [0.25, 0.3) is 0 Å². The minimum atomic E-state index is -0.334. The lowest BCUT2D eigenvalue weighted by atomic mass is 9.82.